The highest BCUT2D eigenvalue weighted by Crippen LogP contribution is 2.36. The lowest BCUT2D eigenvalue weighted by Crippen LogP contribution is -2.20. The van der Waals surface area contributed by atoms with Crippen LogP contribution in [0.2, 0.25) is 0 Å². The molecule has 0 aliphatic heterocycles. The average Bonchev–Trinajstić information content (AvgIpc) is 2.84. The predicted octanol–water partition coefficient (Wildman–Crippen LogP) is 5.46. The van der Waals surface area contributed by atoms with Gasteiger partial charge in [-0.05, 0) is 48.7 Å². The van der Waals surface area contributed by atoms with E-state index in [0.29, 0.717) is 28.3 Å². The molecule has 2 aromatic carbocycles. The van der Waals surface area contributed by atoms with E-state index in [4.69, 9.17) is 5.73 Å². The highest BCUT2D eigenvalue weighted by atomic mass is 19.4. The Balaban J connectivity index is 1.84. The van der Waals surface area contributed by atoms with Crippen molar-refractivity contribution in [1.29, 1.82) is 0 Å². The molecule has 9 heteroatoms. The summed E-state index contributed by atoms with van der Waals surface area (Å²) in [5.74, 6) is 0.341. The predicted molar refractivity (Wildman–Crippen MR) is 130 cm³/mol. The third-order valence-corrected chi connectivity index (χ3v) is 5.83. The van der Waals surface area contributed by atoms with Gasteiger partial charge in [-0.15, -0.1) is 0 Å². The molecule has 35 heavy (non-hydrogen) atoms. The van der Waals surface area contributed by atoms with E-state index in [0.717, 1.165) is 17.7 Å². The van der Waals surface area contributed by atoms with Gasteiger partial charge in [0.2, 0.25) is 5.95 Å². The molecule has 0 spiro atoms. The Morgan fingerprint density at radius 3 is 2.51 bits per heavy atom. The van der Waals surface area contributed by atoms with E-state index < -0.39 is 17.3 Å². The highest BCUT2D eigenvalue weighted by molar-refractivity contribution is 5.82. The molecule has 0 unspecified atom stereocenters. The largest absolute Gasteiger partial charge is 0.416 e. The molecule has 6 nitrogen and oxygen atoms in total. The van der Waals surface area contributed by atoms with Gasteiger partial charge in [0.15, 0.2) is 0 Å². The number of H-pyrrole nitrogens is 1. The minimum atomic E-state index is -4.53. The summed E-state index contributed by atoms with van der Waals surface area (Å²) in [6.45, 7) is 3.65. The average molecular weight is 480 g/mol. The lowest BCUT2D eigenvalue weighted by molar-refractivity contribution is -0.137. The van der Waals surface area contributed by atoms with Crippen LogP contribution >= 0.6 is 0 Å². The van der Waals surface area contributed by atoms with E-state index in [9.17, 15) is 18.0 Å². The second kappa shape index (κ2) is 9.71. The Hall–Kier alpha value is -3.98. The van der Waals surface area contributed by atoms with Crippen LogP contribution in [0.4, 0.5) is 19.1 Å². The van der Waals surface area contributed by atoms with Gasteiger partial charge in [0.25, 0.3) is 5.56 Å². The topological polar surface area (TPSA) is 96.7 Å². The summed E-state index contributed by atoms with van der Waals surface area (Å²) in [6.07, 6.45) is -2.97. The number of aromatic amines is 1. The van der Waals surface area contributed by atoms with Crippen molar-refractivity contribution in [2.24, 2.45) is 5.73 Å². The van der Waals surface area contributed by atoms with Crippen LogP contribution in [-0.2, 0) is 12.7 Å². The minimum Gasteiger partial charge on any atom is -0.348 e. The Bertz CT molecular complexity index is 1400. The van der Waals surface area contributed by atoms with E-state index in [1.165, 1.54) is 12.1 Å². The summed E-state index contributed by atoms with van der Waals surface area (Å²) >= 11 is 0. The van der Waals surface area contributed by atoms with Crippen molar-refractivity contribution in [1.82, 2.24) is 15.0 Å². The first kappa shape index (κ1) is 24.2. The van der Waals surface area contributed by atoms with Crippen molar-refractivity contribution >= 4 is 5.95 Å². The quantitative estimate of drug-likeness (QED) is 0.341. The normalized spacial score (nSPS) is 12.4. The molecule has 0 saturated heterocycles. The molecule has 180 valence electrons. The molecular formula is C26H24F3N5O. The van der Waals surface area contributed by atoms with Gasteiger partial charge in [0.05, 0.1) is 23.0 Å². The molecule has 0 aliphatic carbocycles. The van der Waals surface area contributed by atoms with Crippen LogP contribution in [0, 0.1) is 6.92 Å². The molecule has 4 rings (SSSR count). The number of pyridine rings is 1. The second-order valence-electron chi connectivity index (χ2n) is 8.13. The summed E-state index contributed by atoms with van der Waals surface area (Å²) in [4.78, 5) is 24.4. The van der Waals surface area contributed by atoms with Crippen LogP contribution in [0.1, 0.15) is 35.2 Å². The fraction of sp³-hybridized carbons (Fsp3) is 0.192. The van der Waals surface area contributed by atoms with Crippen molar-refractivity contribution in [3.63, 3.8) is 0 Å². The maximum absolute atomic E-state index is 13.4. The van der Waals surface area contributed by atoms with Crippen molar-refractivity contribution in [2.45, 2.75) is 32.6 Å². The zero-order chi connectivity index (χ0) is 25.2. The molecule has 0 aliphatic rings. The zero-order valence-electron chi connectivity index (χ0n) is 19.1. The fourth-order valence-corrected chi connectivity index (χ4v) is 3.98. The third kappa shape index (κ3) is 5.09. The van der Waals surface area contributed by atoms with E-state index in [1.54, 1.807) is 19.2 Å². The Morgan fingerprint density at radius 1 is 1.09 bits per heavy atom. The summed E-state index contributed by atoms with van der Waals surface area (Å²) in [5, 5.41) is 3.25. The van der Waals surface area contributed by atoms with Crippen LogP contribution < -0.4 is 16.6 Å². The number of nitrogens with two attached hydrogens (primary N) is 1. The molecule has 1 atom stereocenters. The van der Waals surface area contributed by atoms with Gasteiger partial charge in [0, 0.05) is 23.9 Å². The number of hydrogen-bond donors (Lipinski definition) is 3. The van der Waals surface area contributed by atoms with E-state index in [1.807, 2.05) is 37.3 Å². The molecule has 0 saturated carbocycles. The lowest BCUT2D eigenvalue weighted by Gasteiger charge is -2.18. The molecule has 0 radical (unpaired) electrons. The Kier molecular flexibility index (Phi) is 6.70. The molecule has 0 amide bonds. The van der Waals surface area contributed by atoms with Gasteiger partial charge < -0.3 is 16.0 Å². The first-order valence-corrected chi connectivity index (χ1v) is 11.0. The number of benzene rings is 2. The number of hydrogen-bond acceptors (Lipinski definition) is 5. The molecule has 0 bridgehead atoms. The van der Waals surface area contributed by atoms with Crippen molar-refractivity contribution in [2.75, 3.05) is 5.32 Å². The second-order valence-corrected chi connectivity index (χ2v) is 8.13. The maximum Gasteiger partial charge on any atom is 0.416 e. The number of alkyl halides is 3. The van der Waals surface area contributed by atoms with Gasteiger partial charge >= 0.3 is 6.18 Å². The number of aromatic nitrogens is 3. The monoisotopic (exact) mass is 479 g/mol. The first-order chi connectivity index (χ1) is 16.7. The standard InChI is InChI=1S/C26H24F3N5O/c1-15-20(14-30)24(35)34-23(18-9-6-10-19(13-18)26(27,28)29)22(15)21-11-12-31-25(33-21)32-16(2)17-7-4-3-5-8-17/h3-13,16H,14,30H2,1-2H3,(H,34,35)(H,31,32,33)/t16-/m0/s1. The number of nitrogens with zero attached hydrogens (tertiary/aromatic N) is 2. The molecule has 4 aromatic rings. The first-order valence-electron chi connectivity index (χ1n) is 11.0. The minimum absolute atomic E-state index is 0.0295. The van der Waals surface area contributed by atoms with Gasteiger partial charge in [-0.2, -0.15) is 13.2 Å². The van der Waals surface area contributed by atoms with E-state index >= 15 is 0 Å². The van der Waals surface area contributed by atoms with Crippen molar-refractivity contribution in [3.05, 3.63) is 99.5 Å². The lowest BCUT2D eigenvalue weighted by atomic mass is 9.95. The molecule has 2 aromatic heterocycles. The fourth-order valence-electron chi connectivity index (χ4n) is 3.98. The number of nitrogens with one attached hydrogen (secondary N) is 2. The van der Waals surface area contributed by atoms with E-state index in [2.05, 4.69) is 20.3 Å². The Morgan fingerprint density at radius 2 is 1.83 bits per heavy atom. The summed E-state index contributed by atoms with van der Waals surface area (Å²) in [7, 11) is 0. The van der Waals surface area contributed by atoms with Crippen LogP contribution in [0.5, 0.6) is 0 Å². The smallest absolute Gasteiger partial charge is 0.348 e. The van der Waals surface area contributed by atoms with Gasteiger partial charge in [-0.3, -0.25) is 4.79 Å². The Labute approximate surface area is 200 Å². The van der Waals surface area contributed by atoms with Crippen LogP contribution in [0.3, 0.4) is 0 Å². The van der Waals surface area contributed by atoms with Gasteiger partial charge in [0.1, 0.15) is 0 Å². The van der Waals surface area contributed by atoms with Crippen LogP contribution in [0.25, 0.3) is 22.5 Å². The molecule has 2 heterocycles. The molecular weight excluding hydrogens is 455 g/mol. The zero-order valence-corrected chi connectivity index (χ0v) is 19.1. The van der Waals surface area contributed by atoms with Crippen LogP contribution in [-0.4, -0.2) is 15.0 Å². The SMILES string of the molecule is Cc1c(-c2ccnc(N[C@@H](C)c3ccccc3)n2)c(-c2cccc(C(F)(F)F)c2)[nH]c(=O)c1CN. The van der Waals surface area contributed by atoms with Crippen molar-refractivity contribution < 1.29 is 13.2 Å². The summed E-state index contributed by atoms with van der Waals surface area (Å²) in [5.41, 5.74) is 7.84. The van der Waals surface area contributed by atoms with Gasteiger partial charge in [-0.1, -0.05) is 42.5 Å². The van der Waals surface area contributed by atoms with Crippen molar-refractivity contribution in [3.8, 4) is 22.5 Å². The highest BCUT2D eigenvalue weighted by Gasteiger charge is 2.31. The van der Waals surface area contributed by atoms with Crippen LogP contribution in [0.15, 0.2) is 71.7 Å². The molecule has 0 fully saturated rings. The number of rotatable bonds is 6. The maximum atomic E-state index is 13.4. The number of anilines is 1. The number of halogens is 3. The third-order valence-electron chi connectivity index (χ3n) is 5.83. The summed E-state index contributed by atoms with van der Waals surface area (Å²) < 4.78 is 40.1. The molecule has 4 N–H and O–H groups in total. The van der Waals surface area contributed by atoms with Gasteiger partial charge in [-0.25, -0.2) is 9.97 Å². The van der Waals surface area contributed by atoms with E-state index in [-0.39, 0.29) is 23.8 Å². The summed E-state index contributed by atoms with van der Waals surface area (Å²) in [6, 6.07) is 16.1.